The molecule has 0 bridgehead atoms. The van der Waals surface area contributed by atoms with E-state index in [1.54, 1.807) is 19.1 Å². The van der Waals surface area contributed by atoms with Crippen LogP contribution in [0.1, 0.15) is 18.1 Å². The van der Waals surface area contributed by atoms with Gasteiger partial charge in [0.2, 0.25) is 0 Å². The van der Waals surface area contributed by atoms with E-state index in [9.17, 15) is 5.11 Å². The Morgan fingerprint density at radius 2 is 1.89 bits per heavy atom. The molecule has 0 aromatic heterocycles. The largest absolute Gasteiger partial charge is 0.385 e. The van der Waals surface area contributed by atoms with Gasteiger partial charge in [-0.05, 0) is 42.3 Å². The van der Waals surface area contributed by atoms with Gasteiger partial charge in [-0.3, -0.25) is 0 Å². The molecule has 1 nitrogen and oxygen atoms in total. The maximum Gasteiger partial charge on any atom is 0.0909 e. The Bertz CT molecular complexity index is 552. The van der Waals surface area contributed by atoms with Crippen molar-refractivity contribution in [3.05, 3.63) is 69.2 Å². The number of halogens is 2. The molecule has 2 aromatic rings. The first-order chi connectivity index (χ1) is 8.47. The van der Waals surface area contributed by atoms with Crippen LogP contribution in [0.3, 0.4) is 0 Å². The van der Waals surface area contributed by atoms with Crippen molar-refractivity contribution < 1.29 is 5.11 Å². The van der Waals surface area contributed by atoms with E-state index in [1.807, 2.05) is 36.4 Å². The fourth-order valence-corrected chi connectivity index (χ4v) is 2.61. The predicted molar refractivity (Wildman–Crippen MR) is 78.9 cm³/mol. The molecule has 0 saturated carbocycles. The number of benzene rings is 2. The van der Waals surface area contributed by atoms with Gasteiger partial charge in [0.1, 0.15) is 0 Å². The molecule has 3 heteroatoms. The number of hydrogen-bond donors (Lipinski definition) is 1. The summed E-state index contributed by atoms with van der Waals surface area (Å²) in [4.78, 5) is 0. The molecule has 0 spiro atoms. The number of hydrogen-bond acceptors (Lipinski definition) is 1. The van der Waals surface area contributed by atoms with Gasteiger partial charge >= 0.3 is 0 Å². The first kappa shape index (κ1) is 13.6. The molecule has 94 valence electrons. The zero-order valence-corrected chi connectivity index (χ0v) is 12.4. The van der Waals surface area contributed by atoms with Gasteiger partial charge in [-0.15, -0.1) is 0 Å². The van der Waals surface area contributed by atoms with Crippen molar-refractivity contribution in [2.45, 2.75) is 18.9 Å². The van der Waals surface area contributed by atoms with E-state index >= 15 is 0 Å². The van der Waals surface area contributed by atoms with Crippen LogP contribution in [-0.2, 0) is 12.0 Å². The van der Waals surface area contributed by atoms with E-state index in [-0.39, 0.29) is 0 Å². The number of rotatable bonds is 3. The first-order valence-corrected chi connectivity index (χ1v) is 6.87. The molecule has 0 fully saturated rings. The quantitative estimate of drug-likeness (QED) is 0.877. The summed E-state index contributed by atoms with van der Waals surface area (Å²) in [6, 6.07) is 15.3. The summed E-state index contributed by atoms with van der Waals surface area (Å²) in [5.41, 5.74) is 0.982. The van der Waals surface area contributed by atoms with Crippen LogP contribution in [0.25, 0.3) is 0 Å². The summed E-state index contributed by atoms with van der Waals surface area (Å²) < 4.78 is 1.02. The molecule has 1 atom stereocenters. The fourth-order valence-electron chi connectivity index (χ4n) is 1.97. The Hall–Kier alpha value is -0.830. The zero-order valence-electron chi connectivity index (χ0n) is 10.0. The molecule has 0 heterocycles. The minimum absolute atomic E-state index is 0.548. The van der Waals surface area contributed by atoms with Crippen LogP contribution >= 0.6 is 27.5 Å². The molecule has 1 N–H and O–H groups in total. The van der Waals surface area contributed by atoms with Crippen molar-refractivity contribution >= 4 is 27.5 Å². The SMILES string of the molecule is CC(O)(Cc1cccc(Br)c1)c1cccc(Cl)c1. The predicted octanol–water partition coefficient (Wildman–Crippen LogP) is 4.55. The maximum absolute atomic E-state index is 10.6. The minimum atomic E-state index is -0.925. The Morgan fingerprint density at radius 3 is 2.56 bits per heavy atom. The van der Waals surface area contributed by atoms with Gasteiger partial charge in [0.25, 0.3) is 0 Å². The molecule has 0 amide bonds. The highest BCUT2D eigenvalue weighted by Crippen LogP contribution is 2.28. The van der Waals surface area contributed by atoms with E-state index in [4.69, 9.17) is 11.6 Å². The second-order valence-corrected chi connectivity index (χ2v) is 5.94. The molecule has 0 radical (unpaired) electrons. The summed E-state index contributed by atoms with van der Waals surface area (Å²) in [5.74, 6) is 0. The van der Waals surface area contributed by atoms with E-state index in [1.165, 1.54) is 0 Å². The van der Waals surface area contributed by atoms with Gasteiger partial charge in [-0.25, -0.2) is 0 Å². The molecule has 1 unspecified atom stereocenters. The summed E-state index contributed by atoms with van der Waals surface area (Å²) in [6.45, 7) is 1.81. The third-order valence-corrected chi connectivity index (χ3v) is 3.61. The van der Waals surface area contributed by atoms with Crippen LogP contribution in [0.5, 0.6) is 0 Å². The van der Waals surface area contributed by atoms with Crippen molar-refractivity contribution in [1.29, 1.82) is 0 Å². The fraction of sp³-hybridized carbons (Fsp3) is 0.200. The van der Waals surface area contributed by atoms with Crippen LogP contribution in [0.2, 0.25) is 5.02 Å². The monoisotopic (exact) mass is 324 g/mol. The van der Waals surface area contributed by atoms with Crippen LogP contribution in [0.4, 0.5) is 0 Å². The second kappa shape index (κ2) is 5.43. The van der Waals surface area contributed by atoms with Crippen LogP contribution in [-0.4, -0.2) is 5.11 Å². The smallest absolute Gasteiger partial charge is 0.0909 e. The van der Waals surface area contributed by atoms with Crippen LogP contribution < -0.4 is 0 Å². The average molecular weight is 326 g/mol. The Morgan fingerprint density at radius 1 is 1.17 bits per heavy atom. The molecule has 0 aliphatic carbocycles. The molecule has 0 aliphatic rings. The van der Waals surface area contributed by atoms with Gasteiger partial charge in [-0.2, -0.15) is 0 Å². The summed E-state index contributed by atoms with van der Waals surface area (Å²) in [7, 11) is 0. The summed E-state index contributed by atoms with van der Waals surface area (Å²) in [6.07, 6.45) is 0.548. The van der Waals surface area contributed by atoms with Crippen LogP contribution in [0, 0.1) is 0 Å². The van der Waals surface area contributed by atoms with Gasteiger partial charge in [0.05, 0.1) is 5.60 Å². The van der Waals surface area contributed by atoms with Crippen molar-refractivity contribution in [2.75, 3.05) is 0 Å². The van der Waals surface area contributed by atoms with Gasteiger partial charge in [-0.1, -0.05) is 51.8 Å². The molecule has 0 saturated heterocycles. The molecular formula is C15H14BrClO. The first-order valence-electron chi connectivity index (χ1n) is 5.70. The maximum atomic E-state index is 10.6. The van der Waals surface area contributed by atoms with Crippen LogP contribution in [0.15, 0.2) is 53.0 Å². The minimum Gasteiger partial charge on any atom is -0.385 e. The summed E-state index contributed by atoms with van der Waals surface area (Å²) in [5, 5.41) is 11.2. The highest BCUT2D eigenvalue weighted by atomic mass is 79.9. The third kappa shape index (κ3) is 3.35. The van der Waals surface area contributed by atoms with E-state index in [2.05, 4.69) is 15.9 Å². The van der Waals surface area contributed by atoms with E-state index in [0.717, 1.165) is 15.6 Å². The second-order valence-electron chi connectivity index (χ2n) is 4.59. The Labute approximate surface area is 121 Å². The lowest BCUT2D eigenvalue weighted by molar-refractivity contribution is 0.0576. The standard InChI is InChI=1S/C15H14BrClO/c1-15(18,12-5-3-7-14(17)9-12)10-11-4-2-6-13(16)8-11/h2-9,18H,10H2,1H3. The summed E-state index contributed by atoms with van der Waals surface area (Å²) >= 11 is 9.40. The van der Waals surface area contributed by atoms with Gasteiger partial charge in [0.15, 0.2) is 0 Å². The lowest BCUT2D eigenvalue weighted by atomic mass is 9.89. The van der Waals surface area contributed by atoms with Crippen molar-refractivity contribution in [3.63, 3.8) is 0 Å². The third-order valence-electron chi connectivity index (χ3n) is 2.88. The van der Waals surface area contributed by atoms with E-state index in [0.29, 0.717) is 11.4 Å². The zero-order chi connectivity index (χ0) is 13.2. The molecule has 2 aromatic carbocycles. The Balaban J connectivity index is 2.26. The molecular weight excluding hydrogens is 312 g/mol. The van der Waals surface area contributed by atoms with Crippen molar-refractivity contribution in [3.8, 4) is 0 Å². The lowest BCUT2D eigenvalue weighted by Crippen LogP contribution is -2.24. The Kier molecular flexibility index (Phi) is 4.10. The molecule has 2 rings (SSSR count). The van der Waals surface area contributed by atoms with Crippen molar-refractivity contribution in [2.24, 2.45) is 0 Å². The molecule has 0 aliphatic heterocycles. The van der Waals surface area contributed by atoms with E-state index < -0.39 is 5.60 Å². The normalized spacial score (nSPS) is 14.2. The average Bonchev–Trinajstić information content (AvgIpc) is 2.28. The lowest BCUT2D eigenvalue weighted by Gasteiger charge is -2.24. The number of aliphatic hydroxyl groups is 1. The van der Waals surface area contributed by atoms with Crippen molar-refractivity contribution in [1.82, 2.24) is 0 Å². The molecule has 18 heavy (non-hydrogen) atoms. The highest BCUT2D eigenvalue weighted by molar-refractivity contribution is 9.10. The van der Waals surface area contributed by atoms with Gasteiger partial charge < -0.3 is 5.11 Å². The van der Waals surface area contributed by atoms with Gasteiger partial charge in [0, 0.05) is 15.9 Å². The topological polar surface area (TPSA) is 20.2 Å². The highest BCUT2D eigenvalue weighted by Gasteiger charge is 2.23.